The number of fused-ring (bicyclic) bond motifs is 2. The van der Waals surface area contributed by atoms with Crippen molar-refractivity contribution in [2.24, 2.45) is 11.8 Å². The van der Waals surface area contributed by atoms with Gasteiger partial charge in [-0.15, -0.1) is 0 Å². The minimum absolute atomic E-state index is 0.792. The molecule has 0 amide bonds. The van der Waals surface area contributed by atoms with Gasteiger partial charge in [0.25, 0.3) is 0 Å². The Balaban J connectivity index is 1.93. The van der Waals surface area contributed by atoms with Crippen molar-refractivity contribution in [2.45, 2.75) is 26.7 Å². The van der Waals surface area contributed by atoms with Gasteiger partial charge in [-0.1, -0.05) is 37.3 Å². The lowest BCUT2D eigenvalue weighted by Gasteiger charge is -2.36. The summed E-state index contributed by atoms with van der Waals surface area (Å²) in [7, 11) is 0. The summed E-state index contributed by atoms with van der Waals surface area (Å²) in [5, 5.41) is 0. The third-order valence-electron chi connectivity index (χ3n) is 4.71. The van der Waals surface area contributed by atoms with Crippen LogP contribution in [0.3, 0.4) is 0 Å². The van der Waals surface area contributed by atoms with Crippen molar-refractivity contribution in [1.82, 2.24) is 4.90 Å². The van der Waals surface area contributed by atoms with E-state index < -0.39 is 0 Å². The van der Waals surface area contributed by atoms with Crippen molar-refractivity contribution in [3.63, 3.8) is 0 Å². The maximum atomic E-state index is 2.61. The van der Waals surface area contributed by atoms with Crippen molar-refractivity contribution >= 4 is 5.57 Å². The fourth-order valence-corrected chi connectivity index (χ4v) is 3.62. The van der Waals surface area contributed by atoms with Crippen LogP contribution in [0.4, 0.5) is 0 Å². The number of allylic oxidation sites excluding steroid dienone is 2. The Hall–Kier alpha value is -1.08. The molecule has 3 rings (SSSR count). The van der Waals surface area contributed by atoms with Crippen LogP contribution in [0.1, 0.15) is 31.4 Å². The molecule has 0 aromatic heterocycles. The number of hydrogen-bond donors (Lipinski definition) is 0. The van der Waals surface area contributed by atoms with Crippen LogP contribution in [0.2, 0.25) is 0 Å². The van der Waals surface area contributed by atoms with Gasteiger partial charge in [-0.3, -0.25) is 0 Å². The number of piperidine rings is 1. The maximum Gasteiger partial charge on any atom is 0.00184 e. The van der Waals surface area contributed by atoms with Gasteiger partial charge in [-0.05, 0) is 61.4 Å². The molecule has 18 heavy (non-hydrogen) atoms. The van der Waals surface area contributed by atoms with Gasteiger partial charge in [0.05, 0.1) is 0 Å². The van der Waals surface area contributed by atoms with E-state index in [9.17, 15) is 0 Å². The summed E-state index contributed by atoms with van der Waals surface area (Å²) in [6.07, 6.45) is 5.14. The zero-order chi connectivity index (χ0) is 12.5. The van der Waals surface area contributed by atoms with Crippen molar-refractivity contribution in [3.05, 3.63) is 41.5 Å². The van der Waals surface area contributed by atoms with Crippen LogP contribution in [-0.2, 0) is 6.42 Å². The van der Waals surface area contributed by atoms with Crippen LogP contribution in [-0.4, -0.2) is 24.5 Å². The highest BCUT2D eigenvalue weighted by Crippen LogP contribution is 2.35. The molecule has 1 fully saturated rings. The molecule has 1 aromatic carbocycles. The number of benzene rings is 1. The normalized spacial score (nSPS) is 28.0. The van der Waals surface area contributed by atoms with E-state index in [0.717, 1.165) is 11.8 Å². The van der Waals surface area contributed by atoms with Gasteiger partial charge in [0.2, 0.25) is 0 Å². The van der Waals surface area contributed by atoms with E-state index in [-0.39, 0.29) is 0 Å². The van der Waals surface area contributed by atoms with E-state index in [4.69, 9.17) is 0 Å². The van der Waals surface area contributed by atoms with Crippen molar-refractivity contribution in [3.8, 4) is 0 Å². The standard InChI is InChI=1S/C17H23N/c1-3-18-9-8-14-10-13(2)17-7-5-4-6-15(17)11-16(14)12-18/h4-7,10,14,16H,3,8-9,11-12H2,1-2H3/t14-,16+/m1/s1. The maximum absolute atomic E-state index is 2.61. The zero-order valence-electron chi connectivity index (χ0n) is 11.5. The van der Waals surface area contributed by atoms with Crippen LogP contribution in [0.25, 0.3) is 5.57 Å². The number of likely N-dealkylation sites (tertiary alicyclic amines) is 1. The number of rotatable bonds is 1. The molecule has 96 valence electrons. The first-order valence-electron chi connectivity index (χ1n) is 7.27. The first kappa shape index (κ1) is 12.0. The molecule has 1 heteroatoms. The Kier molecular flexibility index (Phi) is 3.25. The number of hydrogen-bond acceptors (Lipinski definition) is 1. The molecule has 0 bridgehead atoms. The fourth-order valence-electron chi connectivity index (χ4n) is 3.62. The van der Waals surface area contributed by atoms with E-state index in [1.807, 2.05) is 0 Å². The van der Waals surface area contributed by atoms with Gasteiger partial charge < -0.3 is 4.90 Å². The second-order valence-corrected chi connectivity index (χ2v) is 5.82. The molecule has 0 unspecified atom stereocenters. The van der Waals surface area contributed by atoms with Crippen LogP contribution < -0.4 is 0 Å². The molecule has 1 aromatic rings. The molecular weight excluding hydrogens is 218 g/mol. The summed E-state index contributed by atoms with van der Waals surface area (Å²) < 4.78 is 0. The summed E-state index contributed by atoms with van der Waals surface area (Å²) in [6.45, 7) is 8.32. The largest absolute Gasteiger partial charge is 0.303 e. The second kappa shape index (κ2) is 4.89. The molecule has 2 atom stereocenters. The minimum atomic E-state index is 0.792. The monoisotopic (exact) mass is 241 g/mol. The van der Waals surface area contributed by atoms with E-state index >= 15 is 0 Å². The summed E-state index contributed by atoms with van der Waals surface area (Å²) >= 11 is 0. The highest BCUT2D eigenvalue weighted by molar-refractivity contribution is 5.67. The Morgan fingerprint density at radius 1 is 1.28 bits per heavy atom. The number of nitrogens with zero attached hydrogens (tertiary/aromatic N) is 1. The van der Waals surface area contributed by atoms with Gasteiger partial charge >= 0.3 is 0 Å². The van der Waals surface area contributed by atoms with Crippen LogP contribution in [0.15, 0.2) is 30.3 Å². The zero-order valence-corrected chi connectivity index (χ0v) is 11.5. The van der Waals surface area contributed by atoms with Gasteiger partial charge in [0, 0.05) is 6.54 Å². The summed E-state index contributed by atoms with van der Waals surface area (Å²) in [6, 6.07) is 8.96. The van der Waals surface area contributed by atoms with Crippen LogP contribution >= 0.6 is 0 Å². The topological polar surface area (TPSA) is 3.24 Å². The third kappa shape index (κ3) is 2.12. The SMILES string of the molecule is CCN1CC[C@@H]2C=C(C)c3ccccc3C[C@H]2C1. The Bertz CT molecular complexity index is 460. The molecule has 1 heterocycles. The first-order valence-corrected chi connectivity index (χ1v) is 7.27. The minimum Gasteiger partial charge on any atom is -0.303 e. The lowest BCUT2D eigenvalue weighted by atomic mass is 9.82. The molecular formula is C17H23N. The van der Waals surface area contributed by atoms with Gasteiger partial charge in [-0.25, -0.2) is 0 Å². The Morgan fingerprint density at radius 2 is 2.11 bits per heavy atom. The lowest BCUT2D eigenvalue weighted by molar-refractivity contribution is 0.148. The van der Waals surface area contributed by atoms with Gasteiger partial charge in [0.1, 0.15) is 0 Å². The third-order valence-corrected chi connectivity index (χ3v) is 4.71. The van der Waals surface area contributed by atoms with Crippen molar-refractivity contribution in [2.75, 3.05) is 19.6 Å². The molecule has 0 N–H and O–H groups in total. The first-order chi connectivity index (χ1) is 8.78. The molecule has 1 aliphatic carbocycles. The average molecular weight is 241 g/mol. The summed E-state index contributed by atoms with van der Waals surface area (Å²) in [5.41, 5.74) is 4.52. The van der Waals surface area contributed by atoms with E-state index in [0.29, 0.717) is 0 Å². The van der Waals surface area contributed by atoms with Crippen LogP contribution in [0, 0.1) is 11.8 Å². The lowest BCUT2D eigenvalue weighted by Crippen LogP contribution is -2.40. The molecule has 0 radical (unpaired) electrons. The predicted molar refractivity (Wildman–Crippen MR) is 77.5 cm³/mol. The smallest absolute Gasteiger partial charge is 0.00184 e. The Labute approximate surface area is 111 Å². The highest BCUT2D eigenvalue weighted by atomic mass is 15.1. The van der Waals surface area contributed by atoms with E-state index in [1.165, 1.54) is 43.6 Å². The van der Waals surface area contributed by atoms with Crippen molar-refractivity contribution < 1.29 is 0 Å². The highest BCUT2D eigenvalue weighted by Gasteiger charge is 2.29. The molecule has 1 nitrogen and oxygen atoms in total. The van der Waals surface area contributed by atoms with E-state index in [1.54, 1.807) is 5.56 Å². The predicted octanol–water partition coefficient (Wildman–Crippen LogP) is 3.60. The van der Waals surface area contributed by atoms with Gasteiger partial charge in [-0.2, -0.15) is 0 Å². The Morgan fingerprint density at radius 3 is 2.94 bits per heavy atom. The molecule has 1 aliphatic heterocycles. The average Bonchev–Trinajstić information content (AvgIpc) is 2.54. The van der Waals surface area contributed by atoms with E-state index in [2.05, 4.69) is 49.1 Å². The summed E-state index contributed by atoms with van der Waals surface area (Å²) in [4.78, 5) is 2.61. The molecule has 0 saturated carbocycles. The van der Waals surface area contributed by atoms with Gasteiger partial charge in [0.15, 0.2) is 0 Å². The molecule has 1 saturated heterocycles. The quantitative estimate of drug-likeness (QED) is 0.726. The molecule has 2 aliphatic rings. The summed E-state index contributed by atoms with van der Waals surface area (Å²) in [5.74, 6) is 1.61. The molecule has 0 spiro atoms. The van der Waals surface area contributed by atoms with Crippen LogP contribution in [0.5, 0.6) is 0 Å². The second-order valence-electron chi connectivity index (χ2n) is 5.82. The van der Waals surface area contributed by atoms with Crippen molar-refractivity contribution in [1.29, 1.82) is 0 Å². The fraction of sp³-hybridized carbons (Fsp3) is 0.529.